The van der Waals surface area contributed by atoms with Crippen LogP contribution in [0, 0.1) is 6.92 Å². The number of imidazole rings is 1. The number of benzene rings is 1. The van der Waals surface area contributed by atoms with Crippen molar-refractivity contribution in [2.24, 2.45) is 0 Å². The highest BCUT2D eigenvalue weighted by Gasteiger charge is 2.17. The van der Waals surface area contributed by atoms with Crippen LogP contribution in [0.2, 0.25) is 0 Å². The van der Waals surface area contributed by atoms with E-state index in [-0.39, 0.29) is 11.6 Å². The molecule has 0 unspecified atom stereocenters. The topological polar surface area (TPSA) is 109 Å². The Labute approximate surface area is 160 Å². The number of aryl methyl sites for hydroxylation is 1. The third-order valence-corrected chi connectivity index (χ3v) is 4.08. The molecule has 0 fully saturated rings. The number of hydrogen-bond acceptors (Lipinski definition) is 7. The van der Waals surface area contributed by atoms with Crippen molar-refractivity contribution in [2.45, 2.75) is 6.92 Å². The number of nitrogens with one attached hydrogen (secondary N) is 3. The molecule has 0 saturated heterocycles. The first-order valence-corrected chi connectivity index (χ1v) is 8.61. The number of anilines is 4. The molecule has 9 heteroatoms. The molecule has 9 nitrogen and oxygen atoms in total. The highest BCUT2D eigenvalue weighted by atomic mass is 16.2. The second kappa shape index (κ2) is 7.31. The zero-order valence-corrected chi connectivity index (χ0v) is 15.3. The molecule has 3 aromatic heterocycles. The minimum Gasteiger partial charge on any atom is -0.372 e. The third-order valence-electron chi connectivity index (χ3n) is 4.08. The van der Waals surface area contributed by atoms with Crippen molar-refractivity contribution in [3.8, 4) is 0 Å². The van der Waals surface area contributed by atoms with Crippen molar-refractivity contribution in [1.82, 2.24) is 24.6 Å². The predicted octanol–water partition coefficient (Wildman–Crippen LogP) is 2.87. The Kier molecular flexibility index (Phi) is 4.55. The Morgan fingerprint density at radius 2 is 2.00 bits per heavy atom. The molecular formula is C19H18N8O. The lowest BCUT2D eigenvalue weighted by Crippen LogP contribution is -2.16. The Morgan fingerprint density at radius 3 is 2.75 bits per heavy atom. The van der Waals surface area contributed by atoms with Gasteiger partial charge in [-0.2, -0.15) is 0 Å². The summed E-state index contributed by atoms with van der Waals surface area (Å²) in [4.78, 5) is 24.9. The highest BCUT2D eigenvalue weighted by molar-refractivity contribution is 6.03. The van der Waals surface area contributed by atoms with Crippen molar-refractivity contribution in [2.75, 3.05) is 23.0 Å². The monoisotopic (exact) mass is 374 g/mol. The molecule has 0 atom stereocenters. The molecule has 3 heterocycles. The number of rotatable bonds is 5. The summed E-state index contributed by atoms with van der Waals surface area (Å²) in [6.45, 7) is 2.03. The van der Waals surface area contributed by atoms with E-state index in [1.807, 2.05) is 37.3 Å². The quantitative estimate of drug-likeness (QED) is 0.493. The maximum atomic E-state index is 12.7. The lowest BCUT2D eigenvalue weighted by atomic mass is 10.2. The van der Waals surface area contributed by atoms with Crippen LogP contribution in [0.3, 0.4) is 0 Å². The molecule has 0 saturated carbocycles. The number of fused-ring (bicyclic) bond motifs is 1. The van der Waals surface area contributed by atoms with Gasteiger partial charge in [-0.3, -0.25) is 4.79 Å². The molecule has 4 aromatic rings. The fraction of sp³-hybridized carbons (Fsp3) is 0.105. The molecule has 0 bridgehead atoms. The number of hydrogen-bond donors (Lipinski definition) is 3. The van der Waals surface area contributed by atoms with E-state index in [0.29, 0.717) is 17.3 Å². The van der Waals surface area contributed by atoms with E-state index < -0.39 is 0 Å². The van der Waals surface area contributed by atoms with E-state index in [0.717, 1.165) is 16.9 Å². The van der Waals surface area contributed by atoms with Crippen LogP contribution in [0.5, 0.6) is 0 Å². The van der Waals surface area contributed by atoms with Crippen LogP contribution in [-0.2, 0) is 0 Å². The lowest BCUT2D eigenvalue weighted by molar-refractivity contribution is 0.102. The fourth-order valence-electron chi connectivity index (χ4n) is 2.76. The van der Waals surface area contributed by atoms with Crippen LogP contribution in [-0.4, -0.2) is 37.5 Å². The Bertz CT molecular complexity index is 1140. The van der Waals surface area contributed by atoms with E-state index >= 15 is 0 Å². The summed E-state index contributed by atoms with van der Waals surface area (Å²) in [6, 6.07) is 11.4. The van der Waals surface area contributed by atoms with Gasteiger partial charge in [-0.1, -0.05) is 12.1 Å². The van der Waals surface area contributed by atoms with Gasteiger partial charge in [0.2, 0.25) is 0 Å². The zero-order valence-electron chi connectivity index (χ0n) is 15.3. The first kappa shape index (κ1) is 17.4. The average molecular weight is 374 g/mol. The number of aromatic nitrogens is 5. The second-order valence-corrected chi connectivity index (χ2v) is 6.12. The van der Waals surface area contributed by atoms with Crippen molar-refractivity contribution in [3.63, 3.8) is 0 Å². The van der Waals surface area contributed by atoms with Gasteiger partial charge < -0.3 is 16.0 Å². The van der Waals surface area contributed by atoms with Gasteiger partial charge in [0, 0.05) is 25.0 Å². The number of carbonyl (C=O) groups excluding carboxylic acids is 1. The summed E-state index contributed by atoms with van der Waals surface area (Å²) in [6.07, 6.45) is 4.41. The van der Waals surface area contributed by atoms with Gasteiger partial charge >= 0.3 is 0 Å². The molecule has 0 aliphatic carbocycles. The molecule has 4 rings (SSSR count). The average Bonchev–Trinajstić information content (AvgIpc) is 3.13. The van der Waals surface area contributed by atoms with Gasteiger partial charge in [0.1, 0.15) is 18.0 Å². The first-order chi connectivity index (χ1) is 13.6. The van der Waals surface area contributed by atoms with Gasteiger partial charge in [0.15, 0.2) is 11.3 Å². The van der Waals surface area contributed by atoms with Gasteiger partial charge in [0.25, 0.3) is 5.91 Å². The molecule has 0 aliphatic heterocycles. The van der Waals surface area contributed by atoms with Gasteiger partial charge in [0.05, 0.1) is 11.9 Å². The molecule has 140 valence electrons. The van der Waals surface area contributed by atoms with Crippen LogP contribution >= 0.6 is 0 Å². The molecule has 3 N–H and O–H groups in total. The van der Waals surface area contributed by atoms with Crippen molar-refractivity contribution >= 4 is 34.6 Å². The number of nitrogens with zero attached hydrogens (tertiary/aromatic N) is 5. The molecule has 0 radical (unpaired) electrons. The smallest absolute Gasteiger partial charge is 0.277 e. The number of amides is 1. The van der Waals surface area contributed by atoms with Crippen LogP contribution < -0.4 is 16.0 Å². The fourth-order valence-corrected chi connectivity index (χ4v) is 2.76. The van der Waals surface area contributed by atoms with Crippen molar-refractivity contribution in [3.05, 3.63) is 66.4 Å². The molecule has 1 amide bonds. The van der Waals surface area contributed by atoms with E-state index in [9.17, 15) is 4.79 Å². The van der Waals surface area contributed by atoms with Crippen molar-refractivity contribution in [1.29, 1.82) is 0 Å². The first-order valence-electron chi connectivity index (χ1n) is 8.61. The van der Waals surface area contributed by atoms with Crippen molar-refractivity contribution < 1.29 is 4.79 Å². The molecule has 0 aliphatic rings. The zero-order chi connectivity index (χ0) is 19.5. The van der Waals surface area contributed by atoms with Crippen LogP contribution in [0.25, 0.3) is 5.65 Å². The Balaban J connectivity index is 1.73. The normalized spacial score (nSPS) is 10.6. The van der Waals surface area contributed by atoms with Crippen LogP contribution in [0.1, 0.15) is 16.1 Å². The maximum Gasteiger partial charge on any atom is 0.277 e. The standard InChI is InChI=1S/C19H18N8O/c1-12-4-3-5-13(8-12)24-14-9-17(20-2)26-27-15(10-22-18(14)27)19(28)25-16-6-7-21-11-23-16/h3-11,24H,1-2H3,(H,20,26)(H,21,23,25,28). The van der Waals surface area contributed by atoms with Gasteiger partial charge in [-0.25, -0.2) is 19.5 Å². The van der Waals surface area contributed by atoms with Crippen LogP contribution in [0.15, 0.2) is 55.1 Å². The maximum absolute atomic E-state index is 12.7. The van der Waals surface area contributed by atoms with E-state index in [1.165, 1.54) is 17.0 Å². The number of carbonyl (C=O) groups is 1. The Morgan fingerprint density at radius 1 is 1.11 bits per heavy atom. The lowest BCUT2D eigenvalue weighted by Gasteiger charge is -2.11. The van der Waals surface area contributed by atoms with E-state index in [4.69, 9.17) is 0 Å². The summed E-state index contributed by atoms with van der Waals surface area (Å²) in [5.74, 6) is 0.628. The summed E-state index contributed by atoms with van der Waals surface area (Å²) in [5, 5.41) is 13.5. The van der Waals surface area contributed by atoms with E-state index in [2.05, 4.69) is 36.0 Å². The summed E-state index contributed by atoms with van der Waals surface area (Å²) in [5.41, 5.74) is 3.61. The highest BCUT2D eigenvalue weighted by Crippen LogP contribution is 2.25. The SMILES string of the molecule is CNc1cc(Nc2cccc(C)c2)c2ncc(C(=O)Nc3ccncn3)n2n1. The second-order valence-electron chi connectivity index (χ2n) is 6.12. The molecule has 1 aromatic carbocycles. The van der Waals surface area contributed by atoms with Gasteiger partial charge in [-0.05, 0) is 30.7 Å². The van der Waals surface area contributed by atoms with Gasteiger partial charge in [-0.15, -0.1) is 5.10 Å². The predicted molar refractivity (Wildman–Crippen MR) is 107 cm³/mol. The summed E-state index contributed by atoms with van der Waals surface area (Å²) < 4.78 is 1.50. The van der Waals surface area contributed by atoms with Crippen LogP contribution in [0.4, 0.5) is 23.0 Å². The summed E-state index contributed by atoms with van der Waals surface area (Å²) >= 11 is 0. The minimum absolute atomic E-state index is 0.290. The van der Waals surface area contributed by atoms with E-state index in [1.54, 1.807) is 19.3 Å². The largest absolute Gasteiger partial charge is 0.372 e. The third kappa shape index (κ3) is 3.45. The summed E-state index contributed by atoms with van der Waals surface area (Å²) in [7, 11) is 1.77. The molecule has 28 heavy (non-hydrogen) atoms. The minimum atomic E-state index is -0.367. The molecular weight excluding hydrogens is 356 g/mol. The molecule has 0 spiro atoms. The Hall–Kier alpha value is -4.01.